The average Bonchev–Trinajstić information content (AvgIpc) is 2.92. The lowest BCUT2D eigenvalue weighted by Crippen LogP contribution is -2.52. The normalized spacial score (nSPS) is 12.4. The maximum atomic E-state index is 13.7. The lowest BCUT2D eigenvalue weighted by Gasteiger charge is -2.32. The maximum absolute atomic E-state index is 13.7. The van der Waals surface area contributed by atoms with Crippen molar-refractivity contribution in [3.63, 3.8) is 0 Å². The van der Waals surface area contributed by atoms with Gasteiger partial charge in [0, 0.05) is 29.2 Å². The number of halogens is 1. The van der Waals surface area contributed by atoms with Gasteiger partial charge >= 0.3 is 0 Å². The second kappa shape index (κ2) is 14.8. The molecule has 1 N–H and O–H groups in total. The molecule has 0 saturated carbocycles. The number of rotatable bonds is 13. The topological polar surface area (TPSA) is 58.6 Å². The highest BCUT2D eigenvalue weighted by molar-refractivity contribution is 9.10. The van der Waals surface area contributed by atoms with Crippen LogP contribution in [0.3, 0.4) is 0 Å². The summed E-state index contributed by atoms with van der Waals surface area (Å²) >= 11 is 5.02. The first-order chi connectivity index (χ1) is 17.9. The number of amides is 2. The van der Waals surface area contributed by atoms with E-state index in [0.29, 0.717) is 18.7 Å². The highest BCUT2D eigenvalue weighted by atomic mass is 79.9. The lowest BCUT2D eigenvalue weighted by atomic mass is 10.0. The van der Waals surface area contributed by atoms with E-state index >= 15 is 0 Å². The first-order valence-electron chi connectivity index (χ1n) is 12.5. The van der Waals surface area contributed by atoms with Gasteiger partial charge < -0.3 is 15.0 Å². The molecule has 0 bridgehead atoms. The predicted octanol–water partition coefficient (Wildman–Crippen LogP) is 6.25. The van der Waals surface area contributed by atoms with Crippen LogP contribution in [0.15, 0.2) is 83.3 Å². The molecule has 37 heavy (non-hydrogen) atoms. The van der Waals surface area contributed by atoms with Crippen LogP contribution in [0.5, 0.6) is 5.75 Å². The Morgan fingerprint density at radius 2 is 1.68 bits per heavy atom. The molecule has 0 aliphatic carbocycles. The van der Waals surface area contributed by atoms with Crippen LogP contribution in [0.2, 0.25) is 0 Å². The lowest BCUT2D eigenvalue weighted by molar-refractivity contribution is -0.139. The van der Waals surface area contributed by atoms with Crippen molar-refractivity contribution < 1.29 is 14.3 Å². The van der Waals surface area contributed by atoms with Gasteiger partial charge in [0.05, 0.1) is 12.9 Å². The molecule has 2 amide bonds. The summed E-state index contributed by atoms with van der Waals surface area (Å²) in [5.41, 5.74) is 3.08. The first kappa shape index (κ1) is 28.8. The molecule has 5 nitrogen and oxygen atoms in total. The third-order valence-electron chi connectivity index (χ3n) is 6.17. The van der Waals surface area contributed by atoms with Crippen molar-refractivity contribution in [2.75, 3.05) is 12.9 Å². The fourth-order valence-electron chi connectivity index (χ4n) is 3.88. The number of nitrogens with one attached hydrogen (secondary N) is 1. The molecule has 3 aromatic rings. The van der Waals surface area contributed by atoms with E-state index in [1.54, 1.807) is 23.8 Å². The van der Waals surface area contributed by atoms with Crippen LogP contribution < -0.4 is 10.1 Å². The Hall–Kier alpha value is -2.77. The van der Waals surface area contributed by atoms with Crippen molar-refractivity contribution in [1.82, 2.24) is 10.2 Å². The largest absolute Gasteiger partial charge is 0.497 e. The molecule has 0 unspecified atom stereocenters. The molecule has 0 fully saturated rings. The van der Waals surface area contributed by atoms with Crippen LogP contribution in [0.25, 0.3) is 0 Å². The van der Waals surface area contributed by atoms with E-state index < -0.39 is 6.04 Å². The van der Waals surface area contributed by atoms with Gasteiger partial charge in [-0.05, 0) is 54.3 Å². The Labute approximate surface area is 233 Å². The Morgan fingerprint density at radius 1 is 0.973 bits per heavy atom. The number of nitrogens with zero attached hydrogens (tertiary/aromatic N) is 1. The van der Waals surface area contributed by atoms with Gasteiger partial charge in [-0.15, -0.1) is 11.8 Å². The summed E-state index contributed by atoms with van der Waals surface area (Å²) in [7, 11) is 1.62. The maximum Gasteiger partial charge on any atom is 0.243 e. The standard InChI is InChI=1S/C30H35BrN2O3S/c1-4-22(2)32-30(35)28(18-23-9-6-5-7-10-23)33(19-25-11-8-12-27(17-25)36-3)29(34)21-37-20-24-13-15-26(31)16-14-24/h5-17,22,28H,4,18-21H2,1-3H3,(H,32,35)/t22-,28-/m0/s1. The Bertz CT molecular complexity index is 1140. The van der Waals surface area contributed by atoms with Crippen LogP contribution in [0.4, 0.5) is 0 Å². The van der Waals surface area contributed by atoms with Gasteiger partial charge in [-0.3, -0.25) is 9.59 Å². The van der Waals surface area contributed by atoms with Crippen LogP contribution in [-0.4, -0.2) is 41.7 Å². The molecule has 196 valence electrons. The third kappa shape index (κ3) is 9.24. The van der Waals surface area contributed by atoms with Gasteiger partial charge in [-0.25, -0.2) is 0 Å². The summed E-state index contributed by atoms with van der Waals surface area (Å²) in [6.07, 6.45) is 1.26. The van der Waals surface area contributed by atoms with Crippen molar-refractivity contribution in [1.29, 1.82) is 0 Å². The summed E-state index contributed by atoms with van der Waals surface area (Å²) in [4.78, 5) is 29.0. The van der Waals surface area contributed by atoms with E-state index in [2.05, 4.69) is 21.2 Å². The Balaban J connectivity index is 1.86. The molecule has 0 aliphatic rings. The monoisotopic (exact) mass is 582 g/mol. The number of thioether (sulfide) groups is 1. The number of ether oxygens (including phenoxy) is 1. The minimum absolute atomic E-state index is 0.0197. The molecule has 0 aliphatic heterocycles. The highest BCUT2D eigenvalue weighted by Gasteiger charge is 2.31. The van der Waals surface area contributed by atoms with E-state index in [-0.39, 0.29) is 23.6 Å². The number of methoxy groups -OCH3 is 1. The van der Waals surface area contributed by atoms with Crippen molar-refractivity contribution in [2.24, 2.45) is 0 Å². The van der Waals surface area contributed by atoms with Gasteiger partial charge in [0.15, 0.2) is 0 Å². The molecule has 0 heterocycles. The Kier molecular flexibility index (Phi) is 11.5. The molecule has 3 rings (SSSR count). The molecule has 0 aromatic heterocycles. The number of hydrogen-bond acceptors (Lipinski definition) is 4. The zero-order valence-corrected chi connectivity index (χ0v) is 24.1. The van der Waals surface area contributed by atoms with E-state index in [9.17, 15) is 9.59 Å². The number of hydrogen-bond donors (Lipinski definition) is 1. The highest BCUT2D eigenvalue weighted by Crippen LogP contribution is 2.21. The van der Waals surface area contributed by atoms with Crippen molar-refractivity contribution in [2.45, 2.75) is 51.1 Å². The van der Waals surface area contributed by atoms with Crippen molar-refractivity contribution in [3.8, 4) is 5.75 Å². The molecular weight excluding hydrogens is 548 g/mol. The van der Waals surface area contributed by atoms with Crippen molar-refractivity contribution >= 4 is 39.5 Å². The predicted molar refractivity (Wildman–Crippen MR) is 156 cm³/mol. The fraction of sp³-hybridized carbons (Fsp3) is 0.333. The molecular formula is C30H35BrN2O3S. The molecule has 7 heteroatoms. The van der Waals surface area contributed by atoms with Gasteiger partial charge in [-0.1, -0.05) is 77.5 Å². The van der Waals surface area contributed by atoms with Crippen LogP contribution in [0.1, 0.15) is 37.0 Å². The molecule has 3 aromatic carbocycles. The molecule has 0 spiro atoms. The average molecular weight is 584 g/mol. The van der Waals surface area contributed by atoms with Gasteiger partial charge in [0.1, 0.15) is 11.8 Å². The van der Waals surface area contributed by atoms with Crippen molar-refractivity contribution in [3.05, 3.63) is 100 Å². The van der Waals surface area contributed by atoms with Crippen LogP contribution in [-0.2, 0) is 28.3 Å². The molecule has 2 atom stereocenters. The van der Waals surface area contributed by atoms with E-state index in [1.807, 2.05) is 92.7 Å². The number of carbonyl (C=O) groups excluding carboxylic acids is 2. The van der Waals surface area contributed by atoms with E-state index in [0.717, 1.165) is 33.3 Å². The summed E-state index contributed by atoms with van der Waals surface area (Å²) in [5.74, 6) is 1.52. The first-order valence-corrected chi connectivity index (χ1v) is 14.4. The van der Waals surface area contributed by atoms with Crippen LogP contribution >= 0.6 is 27.7 Å². The summed E-state index contributed by atoms with van der Waals surface area (Å²) in [5, 5.41) is 3.11. The molecule has 0 radical (unpaired) electrons. The van der Waals surface area contributed by atoms with Crippen LogP contribution in [0, 0.1) is 0 Å². The third-order valence-corrected chi connectivity index (χ3v) is 7.68. The number of carbonyl (C=O) groups is 2. The molecule has 0 saturated heterocycles. The zero-order chi connectivity index (χ0) is 26.6. The summed E-state index contributed by atoms with van der Waals surface area (Å²) in [6.45, 7) is 4.34. The minimum atomic E-state index is -0.636. The minimum Gasteiger partial charge on any atom is -0.497 e. The Morgan fingerprint density at radius 3 is 2.35 bits per heavy atom. The van der Waals surface area contributed by atoms with E-state index in [1.165, 1.54) is 0 Å². The van der Waals surface area contributed by atoms with Gasteiger partial charge in [0.25, 0.3) is 0 Å². The summed E-state index contributed by atoms with van der Waals surface area (Å²) < 4.78 is 6.43. The van der Waals surface area contributed by atoms with Gasteiger partial charge in [-0.2, -0.15) is 0 Å². The number of benzene rings is 3. The second-order valence-electron chi connectivity index (χ2n) is 9.02. The zero-order valence-electron chi connectivity index (χ0n) is 21.7. The fourth-order valence-corrected chi connectivity index (χ4v) is 5.02. The SMILES string of the molecule is CC[C@H](C)NC(=O)[C@H](Cc1ccccc1)N(Cc1cccc(OC)c1)C(=O)CSCc1ccc(Br)cc1. The smallest absolute Gasteiger partial charge is 0.243 e. The quantitative estimate of drug-likeness (QED) is 0.259. The van der Waals surface area contributed by atoms with Gasteiger partial charge in [0.2, 0.25) is 11.8 Å². The summed E-state index contributed by atoms with van der Waals surface area (Å²) in [6, 6.07) is 25.0. The van der Waals surface area contributed by atoms with E-state index in [4.69, 9.17) is 4.74 Å². The second-order valence-corrected chi connectivity index (χ2v) is 10.9.